The largest absolute Gasteiger partial charge is 0.484 e. The molecule has 0 radical (unpaired) electrons. The van der Waals surface area contributed by atoms with Gasteiger partial charge in [-0.15, -0.1) is 11.3 Å². The molecule has 0 atom stereocenters. The number of carbonyl (C=O) groups excluding carboxylic acids is 2. The Morgan fingerprint density at radius 3 is 2.39 bits per heavy atom. The molecule has 1 aromatic heterocycles. The van der Waals surface area contributed by atoms with E-state index in [-0.39, 0.29) is 23.6 Å². The maximum atomic E-state index is 12.6. The van der Waals surface area contributed by atoms with Crippen molar-refractivity contribution in [3.63, 3.8) is 0 Å². The van der Waals surface area contributed by atoms with E-state index in [4.69, 9.17) is 9.47 Å². The Balaban J connectivity index is 1.80. The second kappa shape index (κ2) is 8.63. The van der Waals surface area contributed by atoms with E-state index in [2.05, 4.69) is 52.2 Å². The monoisotopic (exact) mass is 444 g/mol. The van der Waals surface area contributed by atoms with Crippen molar-refractivity contribution in [2.24, 2.45) is 0 Å². The molecule has 1 aromatic carbocycles. The van der Waals surface area contributed by atoms with Crippen molar-refractivity contribution in [3.05, 3.63) is 45.8 Å². The van der Waals surface area contributed by atoms with Gasteiger partial charge in [-0.3, -0.25) is 4.79 Å². The van der Waals surface area contributed by atoms with E-state index in [0.717, 1.165) is 10.4 Å². The minimum Gasteiger partial charge on any atom is -0.484 e. The van der Waals surface area contributed by atoms with Crippen LogP contribution in [0.5, 0.6) is 5.75 Å². The molecule has 168 valence electrons. The zero-order valence-electron chi connectivity index (χ0n) is 19.3. The molecule has 6 nitrogen and oxygen atoms in total. The van der Waals surface area contributed by atoms with Gasteiger partial charge in [-0.25, -0.2) is 4.79 Å². The summed E-state index contributed by atoms with van der Waals surface area (Å²) < 4.78 is 10.7. The molecule has 0 saturated heterocycles. The highest BCUT2D eigenvalue weighted by Crippen LogP contribution is 2.45. The normalized spacial score (nSPS) is 16.5. The number of methoxy groups -OCH3 is 1. The summed E-state index contributed by atoms with van der Waals surface area (Å²) in [6.07, 6.45) is 0.668. The average molecular weight is 445 g/mol. The summed E-state index contributed by atoms with van der Waals surface area (Å²) in [5, 5.41) is 7.00. The maximum Gasteiger partial charge on any atom is 0.341 e. The van der Waals surface area contributed by atoms with Gasteiger partial charge in [0.1, 0.15) is 10.8 Å². The Kier molecular flexibility index (Phi) is 6.48. The number of rotatable bonds is 6. The summed E-state index contributed by atoms with van der Waals surface area (Å²) >= 11 is 1.42. The molecule has 2 aromatic rings. The van der Waals surface area contributed by atoms with E-state index in [0.29, 0.717) is 28.7 Å². The van der Waals surface area contributed by atoms with E-state index >= 15 is 0 Å². The van der Waals surface area contributed by atoms with E-state index < -0.39 is 5.97 Å². The van der Waals surface area contributed by atoms with E-state index in [1.807, 2.05) is 24.3 Å². The summed E-state index contributed by atoms with van der Waals surface area (Å²) in [5.41, 5.74) is 2.07. The average Bonchev–Trinajstić information content (AvgIpc) is 3.03. The lowest BCUT2D eigenvalue weighted by Gasteiger charge is -2.42. The Morgan fingerprint density at radius 1 is 1.16 bits per heavy atom. The predicted molar refractivity (Wildman–Crippen MR) is 124 cm³/mol. The second-order valence-electron chi connectivity index (χ2n) is 9.48. The van der Waals surface area contributed by atoms with Crippen molar-refractivity contribution in [1.29, 1.82) is 0 Å². The number of amides is 1. The Morgan fingerprint density at radius 2 is 1.81 bits per heavy atom. The minimum absolute atomic E-state index is 0.142. The highest BCUT2D eigenvalue weighted by molar-refractivity contribution is 7.17. The molecular weight excluding hydrogens is 412 g/mol. The number of nitrogens with one attached hydrogen (secondary N) is 2. The van der Waals surface area contributed by atoms with Crippen molar-refractivity contribution < 1.29 is 19.1 Å². The third kappa shape index (κ3) is 5.10. The number of anilines is 1. The molecule has 1 amide bonds. The molecule has 2 N–H and O–H groups in total. The van der Waals surface area contributed by atoms with Crippen molar-refractivity contribution in [1.82, 2.24) is 5.32 Å². The SMILES string of the molecule is COC(=O)c1c(NC(=O)COc2ccc(C(C)C)cc2)sc2c1CC(C)(C)NC2(C)C. The zero-order chi connectivity index (χ0) is 23.0. The topological polar surface area (TPSA) is 76.7 Å². The van der Waals surface area contributed by atoms with Gasteiger partial charge in [0, 0.05) is 16.0 Å². The highest BCUT2D eigenvalue weighted by Gasteiger charge is 2.42. The number of ether oxygens (including phenoxy) is 2. The molecule has 0 spiro atoms. The van der Waals surface area contributed by atoms with Crippen molar-refractivity contribution in [2.45, 2.75) is 65.0 Å². The first kappa shape index (κ1) is 23.3. The van der Waals surface area contributed by atoms with E-state index in [1.54, 1.807) is 0 Å². The van der Waals surface area contributed by atoms with Crippen LogP contribution in [0.25, 0.3) is 0 Å². The van der Waals surface area contributed by atoms with Crippen LogP contribution in [0.2, 0.25) is 0 Å². The number of carbonyl (C=O) groups is 2. The number of benzene rings is 1. The number of esters is 1. The molecule has 2 heterocycles. The molecule has 7 heteroatoms. The van der Waals surface area contributed by atoms with Crippen LogP contribution in [0.15, 0.2) is 24.3 Å². The Hall–Kier alpha value is -2.38. The Labute approximate surface area is 188 Å². The lowest BCUT2D eigenvalue weighted by Crippen LogP contribution is -2.55. The van der Waals surface area contributed by atoms with Gasteiger partial charge >= 0.3 is 5.97 Å². The van der Waals surface area contributed by atoms with Crippen LogP contribution in [-0.4, -0.2) is 31.1 Å². The van der Waals surface area contributed by atoms with Crippen LogP contribution in [0.1, 0.15) is 73.8 Å². The van der Waals surface area contributed by atoms with Crippen LogP contribution >= 0.6 is 11.3 Å². The fourth-order valence-corrected chi connectivity index (χ4v) is 5.48. The first-order chi connectivity index (χ1) is 14.4. The van der Waals surface area contributed by atoms with Gasteiger partial charge in [-0.1, -0.05) is 26.0 Å². The quantitative estimate of drug-likeness (QED) is 0.624. The van der Waals surface area contributed by atoms with Crippen LogP contribution in [0.4, 0.5) is 5.00 Å². The number of fused-ring (bicyclic) bond motifs is 1. The molecule has 0 fully saturated rings. The first-order valence-corrected chi connectivity index (χ1v) is 11.3. The number of hydrogen-bond acceptors (Lipinski definition) is 6. The first-order valence-electron chi connectivity index (χ1n) is 10.5. The number of hydrogen-bond donors (Lipinski definition) is 2. The van der Waals surface area contributed by atoms with Crippen LogP contribution in [0, 0.1) is 0 Å². The molecule has 31 heavy (non-hydrogen) atoms. The lowest BCUT2D eigenvalue weighted by atomic mass is 9.81. The second-order valence-corrected chi connectivity index (χ2v) is 10.5. The molecule has 0 unspecified atom stereocenters. The molecule has 3 rings (SSSR count). The van der Waals surface area contributed by atoms with Gasteiger partial charge in [-0.05, 0) is 63.3 Å². The predicted octanol–water partition coefficient (Wildman–Crippen LogP) is 4.84. The van der Waals surface area contributed by atoms with Gasteiger partial charge in [0.15, 0.2) is 6.61 Å². The lowest BCUT2D eigenvalue weighted by molar-refractivity contribution is -0.118. The minimum atomic E-state index is -0.438. The highest BCUT2D eigenvalue weighted by atomic mass is 32.1. The summed E-state index contributed by atoms with van der Waals surface area (Å²) in [7, 11) is 1.36. The molecule has 0 saturated carbocycles. The summed E-state index contributed by atoms with van der Waals surface area (Å²) in [4.78, 5) is 26.3. The van der Waals surface area contributed by atoms with Crippen molar-refractivity contribution >= 4 is 28.2 Å². The molecule has 1 aliphatic heterocycles. The Bertz CT molecular complexity index is 974. The zero-order valence-corrected chi connectivity index (χ0v) is 20.2. The van der Waals surface area contributed by atoms with E-state index in [9.17, 15) is 9.59 Å². The maximum absolute atomic E-state index is 12.6. The fourth-order valence-electron chi connectivity index (χ4n) is 4.19. The fraction of sp³-hybridized carbons (Fsp3) is 0.500. The summed E-state index contributed by atoms with van der Waals surface area (Å²) in [6.45, 7) is 12.5. The third-order valence-corrected chi connectivity index (χ3v) is 6.87. The van der Waals surface area contributed by atoms with Gasteiger partial charge in [0.25, 0.3) is 5.91 Å². The van der Waals surface area contributed by atoms with Gasteiger partial charge in [0.05, 0.1) is 12.7 Å². The summed E-state index contributed by atoms with van der Waals surface area (Å²) in [5.74, 6) is 0.307. The smallest absolute Gasteiger partial charge is 0.341 e. The molecule has 0 aliphatic carbocycles. The van der Waals surface area contributed by atoms with Gasteiger partial charge in [0.2, 0.25) is 0 Å². The summed E-state index contributed by atoms with van der Waals surface area (Å²) in [6, 6.07) is 7.72. The van der Waals surface area contributed by atoms with Crippen molar-refractivity contribution in [2.75, 3.05) is 19.0 Å². The molecule has 0 bridgehead atoms. The van der Waals surface area contributed by atoms with Crippen LogP contribution in [0.3, 0.4) is 0 Å². The standard InChI is InChI=1S/C24H32N2O4S/c1-14(2)15-8-10-16(11-9-15)30-13-18(27)25-21-19(22(28)29-7)17-12-23(3,4)26-24(5,6)20(17)31-21/h8-11,14,26H,12-13H2,1-7H3,(H,25,27). The molecular formula is C24H32N2O4S. The van der Waals surface area contributed by atoms with Crippen LogP contribution < -0.4 is 15.4 Å². The van der Waals surface area contributed by atoms with Gasteiger partial charge < -0.3 is 20.1 Å². The van der Waals surface area contributed by atoms with Gasteiger partial charge in [-0.2, -0.15) is 0 Å². The third-order valence-electron chi connectivity index (χ3n) is 5.40. The van der Waals surface area contributed by atoms with Crippen molar-refractivity contribution in [3.8, 4) is 5.75 Å². The molecule has 1 aliphatic rings. The number of thiophene rings is 1. The van der Waals surface area contributed by atoms with Crippen LogP contribution in [-0.2, 0) is 21.5 Å². The van der Waals surface area contributed by atoms with E-state index in [1.165, 1.54) is 24.0 Å².